The van der Waals surface area contributed by atoms with Crippen LogP contribution in [0.4, 0.5) is 8.78 Å². The normalized spacial score (nSPS) is 31.1. The molecule has 0 aromatic heterocycles. The van der Waals surface area contributed by atoms with Gasteiger partial charge in [-0.25, -0.2) is 0 Å². The molecular formula is C9H13F2NO. The summed E-state index contributed by atoms with van der Waals surface area (Å²) in [5, 5.41) is 3.09. The Morgan fingerprint density at radius 1 is 1.08 bits per heavy atom. The summed E-state index contributed by atoms with van der Waals surface area (Å²) in [7, 11) is 0. The van der Waals surface area contributed by atoms with Crippen molar-refractivity contribution in [3.05, 3.63) is 0 Å². The fraction of sp³-hybridized carbons (Fsp3) is 0.889. The van der Waals surface area contributed by atoms with Crippen LogP contribution in [-0.2, 0) is 4.79 Å². The van der Waals surface area contributed by atoms with Crippen LogP contribution in [0.15, 0.2) is 0 Å². The molecule has 1 aliphatic carbocycles. The molecule has 13 heavy (non-hydrogen) atoms. The van der Waals surface area contributed by atoms with Gasteiger partial charge in [0.2, 0.25) is 5.78 Å². The Hall–Kier alpha value is -0.510. The lowest BCUT2D eigenvalue weighted by molar-refractivity contribution is -0.146. The van der Waals surface area contributed by atoms with Crippen molar-refractivity contribution in [1.82, 2.24) is 5.32 Å². The number of Topliss-reactive ketones (excluding diaryl/α,β-unsaturated/α-hetero) is 1. The Morgan fingerprint density at radius 2 is 1.69 bits per heavy atom. The molecule has 1 saturated heterocycles. The highest BCUT2D eigenvalue weighted by atomic mass is 19.3. The summed E-state index contributed by atoms with van der Waals surface area (Å²) in [4.78, 5) is 11.4. The van der Waals surface area contributed by atoms with E-state index in [4.69, 9.17) is 0 Å². The first-order valence-corrected chi connectivity index (χ1v) is 4.70. The van der Waals surface area contributed by atoms with Crippen LogP contribution in [-0.4, -0.2) is 24.8 Å². The number of nitrogens with one attached hydrogen (secondary N) is 1. The third-order valence-corrected chi connectivity index (χ3v) is 3.29. The van der Waals surface area contributed by atoms with Gasteiger partial charge in [0.05, 0.1) is 0 Å². The van der Waals surface area contributed by atoms with Crippen LogP contribution in [0.1, 0.15) is 25.7 Å². The third-order valence-electron chi connectivity index (χ3n) is 3.29. The first kappa shape index (κ1) is 9.06. The molecule has 0 radical (unpaired) electrons. The van der Waals surface area contributed by atoms with Gasteiger partial charge in [-0.3, -0.25) is 4.79 Å². The molecule has 0 atom stereocenters. The molecular weight excluding hydrogens is 176 g/mol. The van der Waals surface area contributed by atoms with Gasteiger partial charge in [-0.1, -0.05) is 0 Å². The van der Waals surface area contributed by atoms with Crippen molar-refractivity contribution in [2.45, 2.75) is 31.6 Å². The molecule has 2 aliphatic rings. The van der Waals surface area contributed by atoms with Gasteiger partial charge >= 0.3 is 5.92 Å². The monoisotopic (exact) mass is 189 g/mol. The summed E-state index contributed by atoms with van der Waals surface area (Å²) < 4.78 is 26.0. The summed E-state index contributed by atoms with van der Waals surface area (Å²) in [6.07, 6.45) is 1.30. The van der Waals surface area contributed by atoms with Crippen molar-refractivity contribution >= 4 is 5.78 Å². The molecule has 0 unspecified atom stereocenters. The number of alkyl halides is 2. The molecule has 2 fully saturated rings. The Balaban J connectivity index is 2.20. The summed E-state index contributed by atoms with van der Waals surface area (Å²) in [6, 6.07) is 0. The highest BCUT2D eigenvalue weighted by Gasteiger charge is 2.57. The summed E-state index contributed by atoms with van der Waals surface area (Å²) in [5.74, 6) is -3.85. The third kappa shape index (κ3) is 1.27. The van der Waals surface area contributed by atoms with Gasteiger partial charge in [0.25, 0.3) is 0 Å². The minimum Gasteiger partial charge on any atom is -0.317 e. The van der Waals surface area contributed by atoms with Crippen LogP contribution >= 0.6 is 0 Å². The quantitative estimate of drug-likeness (QED) is 0.623. The molecule has 1 spiro atoms. The summed E-state index contributed by atoms with van der Waals surface area (Å²) in [5.41, 5.74) is -0.686. The van der Waals surface area contributed by atoms with Gasteiger partial charge in [-0.15, -0.1) is 0 Å². The molecule has 74 valence electrons. The van der Waals surface area contributed by atoms with E-state index in [0.717, 1.165) is 0 Å². The van der Waals surface area contributed by atoms with Gasteiger partial charge < -0.3 is 5.32 Å². The van der Waals surface area contributed by atoms with Gasteiger partial charge in [0, 0.05) is 11.8 Å². The number of piperidine rings is 1. The van der Waals surface area contributed by atoms with Crippen molar-refractivity contribution in [2.24, 2.45) is 5.41 Å². The number of ketones is 1. The van der Waals surface area contributed by atoms with E-state index < -0.39 is 17.1 Å². The number of halogens is 2. The lowest BCUT2D eigenvalue weighted by atomic mass is 9.76. The average molecular weight is 189 g/mol. The lowest BCUT2D eigenvalue weighted by Crippen LogP contribution is -2.42. The number of carbonyl (C=O) groups is 1. The predicted octanol–water partition coefficient (Wildman–Crippen LogP) is 1.35. The maximum absolute atomic E-state index is 13.0. The van der Waals surface area contributed by atoms with Crippen LogP contribution in [0.3, 0.4) is 0 Å². The highest BCUT2D eigenvalue weighted by molar-refractivity contribution is 5.93. The van der Waals surface area contributed by atoms with E-state index in [1.165, 1.54) is 0 Å². The van der Waals surface area contributed by atoms with Crippen molar-refractivity contribution in [3.63, 3.8) is 0 Å². The van der Waals surface area contributed by atoms with Crippen LogP contribution in [0.2, 0.25) is 0 Å². The predicted molar refractivity (Wildman–Crippen MR) is 43.7 cm³/mol. The van der Waals surface area contributed by atoms with Gasteiger partial charge in [0.1, 0.15) is 0 Å². The number of rotatable bonds is 0. The van der Waals surface area contributed by atoms with E-state index >= 15 is 0 Å². The summed E-state index contributed by atoms with van der Waals surface area (Å²) >= 11 is 0. The Morgan fingerprint density at radius 3 is 2.15 bits per heavy atom. The van der Waals surface area contributed by atoms with Crippen LogP contribution in [0, 0.1) is 5.41 Å². The molecule has 1 heterocycles. The molecule has 1 N–H and O–H groups in total. The fourth-order valence-electron chi connectivity index (χ4n) is 2.39. The van der Waals surface area contributed by atoms with Gasteiger partial charge in [-0.05, 0) is 32.4 Å². The molecule has 0 amide bonds. The second-order valence-corrected chi connectivity index (χ2v) is 4.06. The topological polar surface area (TPSA) is 29.1 Å². The Bertz CT molecular complexity index is 234. The minimum atomic E-state index is -3.04. The fourth-order valence-corrected chi connectivity index (χ4v) is 2.39. The molecule has 0 aromatic rings. The standard InChI is InChI=1S/C9H13F2NO/c10-9(11)2-1-8(7(9)13)3-5-12-6-4-8/h12H,1-6H2. The van der Waals surface area contributed by atoms with Crippen molar-refractivity contribution < 1.29 is 13.6 Å². The molecule has 1 aliphatic heterocycles. The zero-order valence-corrected chi connectivity index (χ0v) is 7.41. The molecule has 4 heteroatoms. The average Bonchev–Trinajstić information content (AvgIpc) is 2.33. The van der Waals surface area contributed by atoms with E-state index in [-0.39, 0.29) is 6.42 Å². The number of carbonyl (C=O) groups excluding carboxylic acids is 1. The second kappa shape index (κ2) is 2.74. The second-order valence-electron chi connectivity index (χ2n) is 4.06. The van der Waals surface area contributed by atoms with E-state index in [2.05, 4.69) is 5.32 Å². The Kier molecular flexibility index (Phi) is 1.91. The SMILES string of the molecule is O=C1C(F)(F)CCC12CCNCC2. The van der Waals surface area contributed by atoms with Gasteiger partial charge in [0.15, 0.2) is 0 Å². The van der Waals surface area contributed by atoms with Crippen LogP contribution < -0.4 is 5.32 Å². The van der Waals surface area contributed by atoms with Crippen molar-refractivity contribution in [2.75, 3.05) is 13.1 Å². The number of hydrogen-bond acceptors (Lipinski definition) is 2. The van der Waals surface area contributed by atoms with E-state index in [1.807, 2.05) is 0 Å². The smallest absolute Gasteiger partial charge is 0.305 e. The molecule has 1 saturated carbocycles. The van der Waals surface area contributed by atoms with Crippen LogP contribution in [0.25, 0.3) is 0 Å². The summed E-state index contributed by atoms with van der Waals surface area (Å²) in [6.45, 7) is 1.39. The van der Waals surface area contributed by atoms with E-state index in [9.17, 15) is 13.6 Å². The van der Waals surface area contributed by atoms with Gasteiger partial charge in [-0.2, -0.15) is 8.78 Å². The number of hydrogen-bond donors (Lipinski definition) is 1. The highest BCUT2D eigenvalue weighted by Crippen LogP contribution is 2.48. The zero-order valence-electron chi connectivity index (χ0n) is 7.41. The molecule has 2 nitrogen and oxygen atoms in total. The van der Waals surface area contributed by atoms with E-state index in [0.29, 0.717) is 32.4 Å². The minimum absolute atomic E-state index is 0.244. The molecule has 0 aromatic carbocycles. The zero-order chi connectivity index (χ0) is 9.53. The molecule has 2 rings (SSSR count). The maximum Gasteiger partial charge on any atom is 0.305 e. The van der Waals surface area contributed by atoms with Crippen molar-refractivity contribution in [3.8, 4) is 0 Å². The van der Waals surface area contributed by atoms with Crippen molar-refractivity contribution in [1.29, 1.82) is 0 Å². The van der Waals surface area contributed by atoms with E-state index in [1.54, 1.807) is 0 Å². The first-order valence-electron chi connectivity index (χ1n) is 4.70. The first-order chi connectivity index (χ1) is 6.07. The largest absolute Gasteiger partial charge is 0.317 e. The van der Waals surface area contributed by atoms with Crippen LogP contribution in [0.5, 0.6) is 0 Å². The molecule has 0 bridgehead atoms. The lowest BCUT2D eigenvalue weighted by Gasteiger charge is -2.31. The maximum atomic E-state index is 13.0. The Labute approximate surface area is 75.7 Å².